The van der Waals surface area contributed by atoms with Gasteiger partial charge in [0.15, 0.2) is 0 Å². The van der Waals surface area contributed by atoms with E-state index < -0.39 is 16.1 Å². The second-order valence-electron chi connectivity index (χ2n) is 2.64. The molecule has 1 aromatic heterocycles. The minimum atomic E-state index is -3.49. The molecule has 1 rings (SSSR count). The van der Waals surface area contributed by atoms with Gasteiger partial charge in [-0.05, 0) is 17.9 Å². The van der Waals surface area contributed by atoms with Gasteiger partial charge in [0.2, 0.25) is 0 Å². The lowest BCUT2D eigenvalue weighted by Crippen LogP contribution is -2.32. The lowest BCUT2D eigenvalue weighted by Gasteiger charge is -2.07. The normalized spacial score (nSPS) is 13.4. The van der Waals surface area contributed by atoms with Crippen LogP contribution < -0.4 is 4.72 Å². The maximum absolute atomic E-state index is 11.6. The molecule has 14 heavy (non-hydrogen) atoms. The molecule has 0 aromatic carbocycles. The summed E-state index contributed by atoms with van der Waals surface area (Å²) in [5.41, 5.74) is 0. The van der Waals surface area contributed by atoms with Crippen LogP contribution in [-0.2, 0) is 10.0 Å². The van der Waals surface area contributed by atoms with Crippen LogP contribution in [0.1, 0.15) is 13.3 Å². The zero-order chi connectivity index (χ0) is 10.6. The molecule has 0 radical (unpaired) electrons. The van der Waals surface area contributed by atoms with Gasteiger partial charge in [-0.15, -0.1) is 11.3 Å². The zero-order valence-electron chi connectivity index (χ0n) is 7.60. The Morgan fingerprint density at radius 3 is 2.86 bits per heavy atom. The molecule has 1 unspecified atom stereocenters. The fourth-order valence-electron chi connectivity index (χ4n) is 0.863. The third-order valence-electron chi connectivity index (χ3n) is 1.62. The molecule has 76 valence electrons. The molecule has 0 amide bonds. The predicted molar refractivity (Wildman–Crippen MR) is 54.3 cm³/mol. The van der Waals surface area contributed by atoms with Crippen molar-refractivity contribution in [2.45, 2.75) is 23.6 Å². The lowest BCUT2D eigenvalue weighted by atomic mass is 10.3. The average Bonchev–Trinajstić information content (AvgIpc) is 2.67. The van der Waals surface area contributed by atoms with Gasteiger partial charge in [-0.3, -0.25) is 0 Å². The van der Waals surface area contributed by atoms with Crippen molar-refractivity contribution in [3.63, 3.8) is 0 Å². The van der Waals surface area contributed by atoms with Crippen LogP contribution in [0.4, 0.5) is 0 Å². The Bertz CT molecular complexity index is 417. The molecule has 1 atom stereocenters. The number of hydrogen-bond donors (Lipinski definition) is 1. The van der Waals surface area contributed by atoms with Crippen molar-refractivity contribution in [3.8, 4) is 6.07 Å². The van der Waals surface area contributed by atoms with Crippen molar-refractivity contribution < 1.29 is 8.42 Å². The van der Waals surface area contributed by atoms with Crippen molar-refractivity contribution in [2.24, 2.45) is 0 Å². The Kier molecular flexibility index (Phi) is 3.63. The van der Waals surface area contributed by atoms with Gasteiger partial charge in [0.1, 0.15) is 10.3 Å². The average molecular weight is 230 g/mol. The van der Waals surface area contributed by atoms with E-state index in [0.29, 0.717) is 6.42 Å². The highest BCUT2D eigenvalue weighted by molar-refractivity contribution is 7.91. The van der Waals surface area contributed by atoms with Crippen LogP contribution in [0.15, 0.2) is 21.7 Å². The Labute approximate surface area is 87.2 Å². The highest BCUT2D eigenvalue weighted by atomic mass is 32.2. The number of nitriles is 1. The maximum Gasteiger partial charge on any atom is 0.251 e. The molecule has 1 heterocycles. The van der Waals surface area contributed by atoms with Crippen LogP contribution in [0.3, 0.4) is 0 Å². The second kappa shape index (κ2) is 4.55. The first kappa shape index (κ1) is 11.2. The van der Waals surface area contributed by atoms with Crippen LogP contribution in [0, 0.1) is 11.3 Å². The summed E-state index contributed by atoms with van der Waals surface area (Å²) in [6.45, 7) is 1.75. The summed E-state index contributed by atoms with van der Waals surface area (Å²) in [7, 11) is -3.49. The van der Waals surface area contributed by atoms with Gasteiger partial charge in [-0.25, -0.2) is 8.42 Å². The molecular formula is C8H10N2O2S2. The molecule has 0 aliphatic heterocycles. The number of nitrogens with zero attached hydrogens (tertiary/aromatic N) is 1. The molecular weight excluding hydrogens is 220 g/mol. The lowest BCUT2D eigenvalue weighted by molar-refractivity contribution is 0.571. The summed E-state index contributed by atoms with van der Waals surface area (Å²) in [6, 6.07) is 4.40. The summed E-state index contributed by atoms with van der Waals surface area (Å²) in [5.74, 6) is 0. The Hall–Kier alpha value is -0.900. The van der Waals surface area contributed by atoms with E-state index >= 15 is 0 Å². The van der Waals surface area contributed by atoms with Gasteiger partial charge in [-0.2, -0.15) is 9.98 Å². The molecule has 1 N–H and O–H groups in total. The van der Waals surface area contributed by atoms with E-state index in [9.17, 15) is 8.42 Å². The molecule has 0 aliphatic carbocycles. The van der Waals surface area contributed by atoms with E-state index in [1.165, 1.54) is 6.07 Å². The fraction of sp³-hybridized carbons (Fsp3) is 0.375. The summed E-state index contributed by atoms with van der Waals surface area (Å²) >= 11 is 1.13. The molecule has 4 nitrogen and oxygen atoms in total. The molecule has 0 spiro atoms. The van der Waals surface area contributed by atoms with Crippen LogP contribution >= 0.6 is 11.3 Å². The topological polar surface area (TPSA) is 70.0 Å². The molecule has 0 aliphatic rings. The minimum Gasteiger partial charge on any atom is -0.206 e. The molecule has 0 bridgehead atoms. The van der Waals surface area contributed by atoms with E-state index in [2.05, 4.69) is 4.72 Å². The summed E-state index contributed by atoms with van der Waals surface area (Å²) < 4.78 is 25.7. The summed E-state index contributed by atoms with van der Waals surface area (Å²) in [4.78, 5) is 0. The SMILES string of the molecule is CCC(C#N)NS(=O)(=O)c1cccs1. The van der Waals surface area contributed by atoms with E-state index in [1.54, 1.807) is 18.4 Å². The maximum atomic E-state index is 11.6. The number of hydrogen-bond acceptors (Lipinski definition) is 4. The third kappa shape index (κ3) is 2.54. The van der Waals surface area contributed by atoms with Gasteiger partial charge in [0.25, 0.3) is 10.0 Å². The van der Waals surface area contributed by atoms with Gasteiger partial charge in [0, 0.05) is 0 Å². The monoisotopic (exact) mass is 230 g/mol. The zero-order valence-corrected chi connectivity index (χ0v) is 9.23. The van der Waals surface area contributed by atoms with E-state index in [-0.39, 0.29) is 4.21 Å². The first-order chi connectivity index (χ1) is 6.60. The first-order valence-corrected chi connectivity index (χ1v) is 6.42. The Morgan fingerprint density at radius 2 is 2.43 bits per heavy atom. The van der Waals surface area contributed by atoms with Gasteiger partial charge in [-0.1, -0.05) is 13.0 Å². The van der Waals surface area contributed by atoms with Crippen molar-refractivity contribution in [1.29, 1.82) is 5.26 Å². The molecule has 0 fully saturated rings. The van der Waals surface area contributed by atoms with E-state index in [0.717, 1.165) is 11.3 Å². The van der Waals surface area contributed by atoms with E-state index in [1.807, 2.05) is 6.07 Å². The van der Waals surface area contributed by atoms with Crippen molar-refractivity contribution in [1.82, 2.24) is 4.72 Å². The smallest absolute Gasteiger partial charge is 0.206 e. The quantitative estimate of drug-likeness (QED) is 0.848. The number of thiophene rings is 1. The van der Waals surface area contributed by atoms with Crippen molar-refractivity contribution in [2.75, 3.05) is 0 Å². The van der Waals surface area contributed by atoms with Crippen LogP contribution in [0.2, 0.25) is 0 Å². The fourth-order valence-corrected chi connectivity index (χ4v) is 3.10. The van der Waals surface area contributed by atoms with Crippen LogP contribution in [0.5, 0.6) is 0 Å². The van der Waals surface area contributed by atoms with Crippen molar-refractivity contribution >= 4 is 21.4 Å². The highest BCUT2D eigenvalue weighted by Gasteiger charge is 2.19. The second-order valence-corrected chi connectivity index (χ2v) is 5.53. The molecule has 1 aromatic rings. The number of nitrogens with one attached hydrogen (secondary N) is 1. The predicted octanol–water partition coefficient (Wildman–Crippen LogP) is 1.33. The number of sulfonamides is 1. The first-order valence-electron chi connectivity index (χ1n) is 4.05. The largest absolute Gasteiger partial charge is 0.251 e. The summed E-state index contributed by atoms with van der Waals surface area (Å²) in [6.07, 6.45) is 0.459. The molecule has 6 heteroatoms. The number of rotatable bonds is 4. The van der Waals surface area contributed by atoms with Crippen LogP contribution in [-0.4, -0.2) is 14.5 Å². The molecule has 0 saturated heterocycles. The van der Waals surface area contributed by atoms with Crippen molar-refractivity contribution in [3.05, 3.63) is 17.5 Å². The summed E-state index contributed by atoms with van der Waals surface area (Å²) in [5, 5.41) is 10.3. The minimum absolute atomic E-state index is 0.242. The van der Waals surface area contributed by atoms with E-state index in [4.69, 9.17) is 5.26 Å². The van der Waals surface area contributed by atoms with Gasteiger partial charge < -0.3 is 0 Å². The Morgan fingerprint density at radius 1 is 1.71 bits per heavy atom. The Balaban J connectivity index is 2.84. The standard InChI is InChI=1S/C8H10N2O2S2/c1-2-7(6-9)10-14(11,12)8-4-3-5-13-8/h3-5,7,10H,2H2,1H3. The third-order valence-corrected chi connectivity index (χ3v) is 4.49. The van der Waals surface area contributed by atoms with Gasteiger partial charge >= 0.3 is 0 Å². The van der Waals surface area contributed by atoms with Gasteiger partial charge in [0.05, 0.1) is 6.07 Å². The van der Waals surface area contributed by atoms with Crippen LogP contribution in [0.25, 0.3) is 0 Å². The highest BCUT2D eigenvalue weighted by Crippen LogP contribution is 2.15. The molecule has 0 saturated carbocycles.